The largest absolute Gasteiger partial charge is 0.493 e. The van der Waals surface area contributed by atoms with E-state index in [1.165, 1.54) is 24.2 Å². The second-order valence-corrected chi connectivity index (χ2v) is 10.6. The highest BCUT2D eigenvalue weighted by Gasteiger charge is 2.37. The molecule has 1 saturated carbocycles. The molecule has 168 valence electrons. The number of amides is 1. The van der Waals surface area contributed by atoms with Gasteiger partial charge in [-0.25, -0.2) is 4.39 Å². The first-order valence-corrected chi connectivity index (χ1v) is 12.8. The Morgan fingerprint density at radius 3 is 2.72 bits per heavy atom. The molecule has 0 spiro atoms. The van der Waals surface area contributed by atoms with Crippen molar-refractivity contribution in [3.05, 3.63) is 61.8 Å². The molecular weight excluding hydrogens is 560 g/mol. The van der Waals surface area contributed by atoms with Gasteiger partial charge in [-0.3, -0.25) is 9.69 Å². The van der Waals surface area contributed by atoms with E-state index < -0.39 is 0 Å². The first-order chi connectivity index (χ1) is 15.5. The number of methoxy groups -OCH3 is 1. The first kappa shape index (κ1) is 23.5. The maximum absolute atomic E-state index is 13.9. The lowest BCUT2D eigenvalue weighted by Crippen LogP contribution is -2.39. The van der Waals surface area contributed by atoms with E-state index in [1.54, 1.807) is 30.2 Å². The number of thiocarbonyl (C=S) groups is 1. The van der Waals surface area contributed by atoms with E-state index in [-0.39, 0.29) is 24.4 Å². The Balaban J connectivity index is 1.55. The lowest BCUT2D eigenvalue weighted by atomic mass is 9.94. The zero-order valence-corrected chi connectivity index (χ0v) is 21.4. The molecule has 0 aromatic heterocycles. The van der Waals surface area contributed by atoms with Crippen LogP contribution >= 0.6 is 46.6 Å². The summed E-state index contributed by atoms with van der Waals surface area (Å²) in [5, 5.41) is 0. The second kappa shape index (κ2) is 10.5. The summed E-state index contributed by atoms with van der Waals surface area (Å²) < 4.78 is 26.8. The average Bonchev–Trinajstić information content (AvgIpc) is 3.07. The fraction of sp³-hybridized carbons (Fsp3) is 0.333. The third-order valence-corrected chi connectivity index (χ3v) is 7.77. The highest BCUT2D eigenvalue weighted by atomic mass is 127. The van der Waals surface area contributed by atoms with Gasteiger partial charge < -0.3 is 9.47 Å². The van der Waals surface area contributed by atoms with Crippen molar-refractivity contribution in [1.82, 2.24) is 4.90 Å². The number of hydrogen-bond donors (Lipinski definition) is 0. The molecule has 32 heavy (non-hydrogen) atoms. The van der Waals surface area contributed by atoms with Gasteiger partial charge in [-0.15, -0.1) is 0 Å². The minimum Gasteiger partial charge on any atom is -0.493 e. The Bertz CT molecular complexity index is 1070. The number of rotatable bonds is 6. The summed E-state index contributed by atoms with van der Waals surface area (Å²) >= 11 is 9.05. The molecule has 4 rings (SSSR count). The fourth-order valence-corrected chi connectivity index (χ4v) is 6.20. The molecule has 1 aliphatic carbocycles. The first-order valence-electron chi connectivity index (χ1n) is 10.5. The summed E-state index contributed by atoms with van der Waals surface area (Å²) in [5.41, 5.74) is 1.30. The molecule has 8 heteroatoms. The van der Waals surface area contributed by atoms with Crippen molar-refractivity contribution < 1.29 is 18.7 Å². The summed E-state index contributed by atoms with van der Waals surface area (Å²) in [6.07, 6.45) is 7.39. The summed E-state index contributed by atoms with van der Waals surface area (Å²) in [4.78, 5) is 15.5. The van der Waals surface area contributed by atoms with Crippen molar-refractivity contribution in [1.29, 1.82) is 0 Å². The van der Waals surface area contributed by atoms with Crippen molar-refractivity contribution in [3.8, 4) is 11.5 Å². The van der Waals surface area contributed by atoms with Gasteiger partial charge in [0.05, 0.1) is 15.6 Å². The summed E-state index contributed by atoms with van der Waals surface area (Å²) in [5.74, 6) is 0.754. The number of carbonyl (C=O) groups excluding carboxylic acids is 1. The Labute approximate surface area is 210 Å². The molecule has 1 saturated heterocycles. The Morgan fingerprint density at radius 2 is 2.00 bits per heavy atom. The van der Waals surface area contributed by atoms with Crippen molar-refractivity contribution in [3.63, 3.8) is 0 Å². The number of thioether (sulfide) groups is 1. The van der Waals surface area contributed by atoms with Crippen LogP contribution in [-0.2, 0) is 11.4 Å². The predicted molar refractivity (Wildman–Crippen MR) is 138 cm³/mol. The number of hydrogen-bond acceptors (Lipinski definition) is 5. The van der Waals surface area contributed by atoms with Crippen LogP contribution in [0.25, 0.3) is 6.08 Å². The monoisotopic (exact) mass is 583 g/mol. The van der Waals surface area contributed by atoms with Crippen LogP contribution in [0.4, 0.5) is 4.39 Å². The van der Waals surface area contributed by atoms with Crippen LogP contribution in [0.5, 0.6) is 11.5 Å². The van der Waals surface area contributed by atoms with Crippen molar-refractivity contribution in [2.45, 2.75) is 44.8 Å². The fourth-order valence-electron chi connectivity index (χ4n) is 4.01. The molecule has 2 aromatic rings. The molecule has 1 heterocycles. The van der Waals surface area contributed by atoms with Gasteiger partial charge in [-0.2, -0.15) is 0 Å². The van der Waals surface area contributed by atoms with Crippen molar-refractivity contribution in [2.75, 3.05) is 7.11 Å². The number of nitrogens with zero attached hydrogens (tertiary/aromatic N) is 1. The Morgan fingerprint density at radius 1 is 1.25 bits per heavy atom. The van der Waals surface area contributed by atoms with Crippen LogP contribution in [-0.4, -0.2) is 28.3 Å². The number of halogens is 2. The maximum atomic E-state index is 13.9. The SMILES string of the molecule is COc1cc(/C=C2/SC(=S)N(C3CCCCC3)C2=O)cc(I)c1OCc1ccccc1F. The summed E-state index contributed by atoms with van der Waals surface area (Å²) in [6.45, 7) is 0.0957. The molecule has 0 radical (unpaired) electrons. The second-order valence-electron chi connectivity index (χ2n) is 7.76. The normalized spacial score (nSPS) is 18.5. The number of ether oxygens (including phenoxy) is 2. The highest BCUT2D eigenvalue weighted by Crippen LogP contribution is 2.39. The lowest BCUT2D eigenvalue weighted by molar-refractivity contribution is -0.124. The third-order valence-electron chi connectivity index (χ3n) is 5.64. The van der Waals surface area contributed by atoms with Gasteiger partial charge in [-0.1, -0.05) is 61.4 Å². The lowest BCUT2D eigenvalue weighted by Gasteiger charge is -2.29. The van der Waals surface area contributed by atoms with Crippen LogP contribution < -0.4 is 9.47 Å². The molecule has 2 fully saturated rings. The van der Waals surface area contributed by atoms with E-state index in [2.05, 4.69) is 22.6 Å². The Kier molecular flexibility index (Phi) is 7.73. The van der Waals surface area contributed by atoms with E-state index in [1.807, 2.05) is 18.2 Å². The zero-order valence-electron chi connectivity index (χ0n) is 17.6. The topological polar surface area (TPSA) is 38.8 Å². The number of carbonyl (C=O) groups is 1. The quantitative estimate of drug-likeness (QED) is 0.219. The maximum Gasteiger partial charge on any atom is 0.266 e. The molecular formula is C24H23FINO3S2. The van der Waals surface area contributed by atoms with Crippen LogP contribution in [0.2, 0.25) is 0 Å². The molecule has 0 N–H and O–H groups in total. The average molecular weight is 583 g/mol. The van der Waals surface area contributed by atoms with Gasteiger partial charge >= 0.3 is 0 Å². The molecule has 0 atom stereocenters. The molecule has 0 bridgehead atoms. The summed E-state index contributed by atoms with van der Waals surface area (Å²) in [7, 11) is 1.56. The minimum absolute atomic E-state index is 0.0132. The van der Waals surface area contributed by atoms with E-state index in [4.69, 9.17) is 21.7 Å². The summed E-state index contributed by atoms with van der Waals surface area (Å²) in [6, 6.07) is 10.5. The third kappa shape index (κ3) is 5.12. The van der Waals surface area contributed by atoms with Crippen LogP contribution in [0.3, 0.4) is 0 Å². The van der Waals surface area contributed by atoms with Gasteiger partial charge in [0.2, 0.25) is 0 Å². The van der Waals surface area contributed by atoms with Crippen LogP contribution in [0, 0.1) is 9.39 Å². The predicted octanol–water partition coefficient (Wildman–Crippen LogP) is 6.55. The minimum atomic E-state index is -0.307. The highest BCUT2D eigenvalue weighted by molar-refractivity contribution is 14.1. The van der Waals surface area contributed by atoms with Gasteiger partial charge in [0.25, 0.3) is 5.91 Å². The molecule has 1 amide bonds. The van der Waals surface area contributed by atoms with Gasteiger partial charge in [0, 0.05) is 11.6 Å². The molecule has 2 aromatic carbocycles. The molecule has 0 unspecified atom stereocenters. The van der Waals surface area contributed by atoms with E-state index in [0.717, 1.165) is 34.8 Å². The van der Waals surface area contributed by atoms with E-state index >= 15 is 0 Å². The molecule has 4 nitrogen and oxygen atoms in total. The van der Waals surface area contributed by atoms with E-state index in [9.17, 15) is 9.18 Å². The van der Waals surface area contributed by atoms with Crippen LogP contribution in [0.1, 0.15) is 43.2 Å². The van der Waals surface area contributed by atoms with E-state index in [0.29, 0.717) is 26.3 Å². The Hall–Kier alpha value is -1.65. The zero-order chi connectivity index (χ0) is 22.7. The van der Waals surface area contributed by atoms with Gasteiger partial charge in [0.1, 0.15) is 16.7 Å². The van der Waals surface area contributed by atoms with Crippen molar-refractivity contribution >= 4 is 62.9 Å². The number of benzene rings is 2. The van der Waals surface area contributed by atoms with Crippen molar-refractivity contribution in [2.24, 2.45) is 0 Å². The molecule has 2 aliphatic rings. The smallest absolute Gasteiger partial charge is 0.266 e. The van der Waals surface area contributed by atoms with Gasteiger partial charge in [0.15, 0.2) is 11.5 Å². The standard InChI is InChI=1S/C24H23FINO3S2/c1-29-20-12-15(11-19(26)22(20)30-14-16-7-5-6-10-18(16)25)13-21-23(28)27(24(31)32-21)17-8-3-2-4-9-17/h5-7,10-13,17H,2-4,8-9,14H2,1H3/b21-13+. The van der Waals surface area contributed by atoms with Gasteiger partial charge in [-0.05, 0) is 65.3 Å². The molecule has 1 aliphatic heterocycles. The van der Waals surface area contributed by atoms with Crippen LogP contribution in [0.15, 0.2) is 41.3 Å².